The highest BCUT2D eigenvalue weighted by Gasteiger charge is 2.22. The van der Waals surface area contributed by atoms with E-state index in [1.54, 1.807) is 25.3 Å². The summed E-state index contributed by atoms with van der Waals surface area (Å²) >= 11 is 0. The van der Waals surface area contributed by atoms with Crippen LogP contribution in [-0.4, -0.2) is 16.6 Å². The molecule has 2 N–H and O–H groups in total. The zero-order chi connectivity index (χ0) is 17.9. The van der Waals surface area contributed by atoms with Gasteiger partial charge in [0.25, 0.3) is 0 Å². The first-order chi connectivity index (χ1) is 11.9. The summed E-state index contributed by atoms with van der Waals surface area (Å²) in [7, 11) is 0. The van der Waals surface area contributed by atoms with Crippen molar-refractivity contribution >= 4 is 0 Å². The van der Waals surface area contributed by atoms with E-state index >= 15 is 0 Å². The Kier molecular flexibility index (Phi) is 4.97. The van der Waals surface area contributed by atoms with Crippen LogP contribution in [0, 0.1) is 12.7 Å². The van der Waals surface area contributed by atoms with E-state index in [4.69, 9.17) is 4.42 Å². The van der Waals surface area contributed by atoms with Crippen molar-refractivity contribution in [2.24, 2.45) is 0 Å². The fraction of sp³-hybridized carbons (Fsp3) is 0.250. The lowest BCUT2D eigenvalue weighted by Gasteiger charge is -2.24. The average molecular weight is 340 g/mol. The molecule has 25 heavy (non-hydrogen) atoms. The van der Waals surface area contributed by atoms with E-state index in [1.807, 2.05) is 31.2 Å². The lowest BCUT2D eigenvalue weighted by molar-refractivity contribution is 0.0565. The molecule has 0 aliphatic carbocycles. The number of hydrogen-bond donors (Lipinski definition) is 2. The van der Waals surface area contributed by atoms with E-state index in [9.17, 15) is 9.50 Å². The van der Waals surface area contributed by atoms with Gasteiger partial charge >= 0.3 is 0 Å². The SMILES string of the molecule is Cc1ccc(-c2nc(CNCC(C)(O)c3ccc(F)cc3)co2)cc1. The lowest BCUT2D eigenvalue weighted by atomic mass is 9.96. The van der Waals surface area contributed by atoms with Crippen LogP contribution in [0.3, 0.4) is 0 Å². The second-order valence-electron chi connectivity index (χ2n) is 6.39. The van der Waals surface area contributed by atoms with Crippen molar-refractivity contribution in [1.29, 1.82) is 0 Å². The smallest absolute Gasteiger partial charge is 0.226 e. The van der Waals surface area contributed by atoms with E-state index in [0.717, 1.165) is 11.3 Å². The van der Waals surface area contributed by atoms with Crippen molar-refractivity contribution in [1.82, 2.24) is 10.3 Å². The number of nitrogens with zero attached hydrogens (tertiary/aromatic N) is 1. The molecule has 5 heteroatoms. The van der Waals surface area contributed by atoms with Gasteiger partial charge in [-0.05, 0) is 43.7 Å². The number of nitrogens with one attached hydrogen (secondary N) is 1. The molecule has 0 amide bonds. The van der Waals surface area contributed by atoms with Gasteiger partial charge in [-0.15, -0.1) is 0 Å². The van der Waals surface area contributed by atoms with Gasteiger partial charge in [0.2, 0.25) is 5.89 Å². The molecular formula is C20H21FN2O2. The first kappa shape index (κ1) is 17.3. The molecule has 4 nitrogen and oxygen atoms in total. The number of rotatable bonds is 6. The number of aromatic nitrogens is 1. The molecule has 0 radical (unpaired) electrons. The summed E-state index contributed by atoms with van der Waals surface area (Å²) in [5, 5.41) is 13.7. The number of aryl methyl sites for hydroxylation is 1. The lowest BCUT2D eigenvalue weighted by Crippen LogP contribution is -2.35. The van der Waals surface area contributed by atoms with Crippen LogP contribution in [0.5, 0.6) is 0 Å². The normalized spacial score (nSPS) is 13.6. The molecular weight excluding hydrogens is 319 g/mol. The summed E-state index contributed by atoms with van der Waals surface area (Å²) in [4.78, 5) is 4.45. The molecule has 0 saturated carbocycles. The Labute approximate surface area is 146 Å². The summed E-state index contributed by atoms with van der Waals surface area (Å²) in [6.45, 7) is 4.49. The van der Waals surface area contributed by atoms with Gasteiger partial charge in [0.15, 0.2) is 0 Å². The predicted octanol–water partition coefficient (Wildman–Crippen LogP) is 3.79. The number of oxazole rings is 1. The van der Waals surface area contributed by atoms with Crippen LogP contribution >= 0.6 is 0 Å². The maximum atomic E-state index is 13.0. The topological polar surface area (TPSA) is 58.3 Å². The second-order valence-corrected chi connectivity index (χ2v) is 6.39. The van der Waals surface area contributed by atoms with Crippen molar-refractivity contribution in [3.63, 3.8) is 0 Å². The zero-order valence-corrected chi connectivity index (χ0v) is 14.3. The van der Waals surface area contributed by atoms with Crippen molar-refractivity contribution < 1.29 is 13.9 Å². The number of halogens is 1. The van der Waals surface area contributed by atoms with Crippen LogP contribution in [-0.2, 0) is 12.1 Å². The molecule has 0 spiro atoms. The summed E-state index contributed by atoms with van der Waals surface area (Å²) in [5.41, 5.74) is 2.42. The van der Waals surface area contributed by atoms with Crippen molar-refractivity contribution in [2.45, 2.75) is 26.0 Å². The van der Waals surface area contributed by atoms with Gasteiger partial charge in [-0.2, -0.15) is 0 Å². The van der Waals surface area contributed by atoms with Gasteiger partial charge in [-0.25, -0.2) is 9.37 Å². The van der Waals surface area contributed by atoms with Gasteiger partial charge in [0.1, 0.15) is 12.1 Å². The third-order valence-electron chi connectivity index (χ3n) is 4.09. The number of hydrogen-bond acceptors (Lipinski definition) is 4. The molecule has 0 bridgehead atoms. The highest BCUT2D eigenvalue weighted by molar-refractivity contribution is 5.53. The molecule has 3 rings (SSSR count). The molecule has 0 fully saturated rings. The fourth-order valence-corrected chi connectivity index (χ4v) is 2.56. The largest absolute Gasteiger partial charge is 0.444 e. The molecule has 130 valence electrons. The Bertz CT molecular complexity index is 824. The Morgan fingerprint density at radius 2 is 1.80 bits per heavy atom. The predicted molar refractivity (Wildman–Crippen MR) is 94.4 cm³/mol. The summed E-state index contributed by atoms with van der Waals surface area (Å²) < 4.78 is 18.5. The minimum absolute atomic E-state index is 0.311. The number of benzene rings is 2. The van der Waals surface area contributed by atoms with Crippen LogP contribution in [0.2, 0.25) is 0 Å². The fourth-order valence-electron chi connectivity index (χ4n) is 2.56. The molecule has 1 unspecified atom stereocenters. The van der Waals surface area contributed by atoms with Gasteiger partial charge < -0.3 is 14.8 Å². The summed E-state index contributed by atoms with van der Waals surface area (Å²) in [6, 6.07) is 13.8. The first-order valence-electron chi connectivity index (χ1n) is 8.15. The van der Waals surface area contributed by atoms with Crippen LogP contribution < -0.4 is 5.32 Å². The Morgan fingerprint density at radius 3 is 2.48 bits per heavy atom. The van der Waals surface area contributed by atoms with Crippen molar-refractivity contribution in [3.05, 3.63) is 77.4 Å². The molecule has 1 atom stereocenters. The molecule has 1 aromatic heterocycles. The van der Waals surface area contributed by atoms with E-state index in [0.29, 0.717) is 24.5 Å². The Balaban J connectivity index is 1.59. The standard InChI is InChI=1S/C20H21FN2O2/c1-14-3-5-15(6-4-14)19-23-18(12-25-19)11-22-13-20(2,24)16-7-9-17(21)10-8-16/h3-10,12,22,24H,11,13H2,1-2H3. The minimum Gasteiger partial charge on any atom is -0.444 e. The minimum atomic E-state index is -1.10. The maximum Gasteiger partial charge on any atom is 0.226 e. The van der Waals surface area contributed by atoms with E-state index in [2.05, 4.69) is 10.3 Å². The van der Waals surface area contributed by atoms with Crippen molar-refractivity contribution in [3.8, 4) is 11.5 Å². The summed E-state index contributed by atoms with van der Waals surface area (Å²) in [6.07, 6.45) is 1.61. The highest BCUT2D eigenvalue weighted by Crippen LogP contribution is 2.21. The van der Waals surface area contributed by atoms with E-state index in [1.165, 1.54) is 17.7 Å². The first-order valence-corrected chi connectivity index (χ1v) is 8.15. The average Bonchev–Trinajstić information content (AvgIpc) is 3.04. The van der Waals surface area contributed by atoms with Gasteiger partial charge in [-0.1, -0.05) is 29.8 Å². The highest BCUT2D eigenvalue weighted by atomic mass is 19.1. The summed E-state index contributed by atoms with van der Waals surface area (Å²) in [5.74, 6) is 0.251. The van der Waals surface area contributed by atoms with Crippen LogP contribution in [0.25, 0.3) is 11.5 Å². The molecule has 0 saturated heterocycles. The van der Waals surface area contributed by atoms with Crippen LogP contribution in [0.1, 0.15) is 23.7 Å². The Hall–Kier alpha value is -2.50. The van der Waals surface area contributed by atoms with E-state index < -0.39 is 5.60 Å². The molecule has 0 aliphatic heterocycles. The van der Waals surface area contributed by atoms with Crippen LogP contribution in [0.15, 0.2) is 59.2 Å². The Morgan fingerprint density at radius 1 is 1.12 bits per heavy atom. The zero-order valence-electron chi connectivity index (χ0n) is 14.3. The molecule has 1 heterocycles. The second kappa shape index (κ2) is 7.17. The van der Waals surface area contributed by atoms with Gasteiger partial charge in [-0.3, -0.25) is 0 Å². The van der Waals surface area contributed by atoms with Gasteiger partial charge in [0.05, 0.1) is 11.3 Å². The monoisotopic (exact) mass is 340 g/mol. The van der Waals surface area contributed by atoms with E-state index in [-0.39, 0.29) is 5.82 Å². The number of aliphatic hydroxyl groups is 1. The molecule has 0 aliphatic rings. The van der Waals surface area contributed by atoms with Crippen LogP contribution in [0.4, 0.5) is 4.39 Å². The van der Waals surface area contributed by atoms with Crippen molar-refractivity contribution in [2.75, 3.05) is 6.54 Å². The quantitative estimate of drug-likeness (QED) is 0.717. The maximum absolute atomic E-state index is 13.0. The third kappa shape index (κ3) is 4.32. The van der Waals surface area contributed by atoms with Gasteiger partial charge in [0, 0.05) is 18.7 Å². The third-order valence-corrected chi connectivity index (χ3v) is 4.09. The molecule has 3 aromatic rings. The molecule has 2 aromatic carbocycles.